The van der Waals surface area contributed by atoms with E-state index in [1.165, 1.54) is 16.8 Å². The molecule has 21 heavy (non-hydrogen) atoms. The van der Waals surface area contributed by atoms with Crippen molar-refractivity contribution in [1.29, 1.82) is 0 Å². The number of rotatable bonds is 6. The molecule has 3 nitrogen and oxygen atoms in total. The van der Waals surface area contributed by atoms with E-state index < -0.39 is 0 Å². The van der Waals surface area contributed by atoms with Crippen LogP contribution in [-0.4, -0.2) is 22.9 Å². The summed E-state index contributed by atoms with van der Waals surface area (Å²) in [5.74, 6) is 0. The van der Waals surface area contributed by atoms with Crippen molar-refractivity contribution >= 4 is 15.9 Å². The van der Waals surface area contributed by atoms with Gasteiger partial charge in [0.15, 0.2) is 0 Å². The second-order valence-corrected chi connectivity index (χ2v) is 6.55. The van der Waals surface area contributed by atoms with Crippen molar-refractivity contribution in [2.45, 2.75) is 39.2 Å². The minimum Gasteiger partial charge on any atom is -0.317 e. The molecule has 0 saturated heterocycles. The van der Waals surface area contributed by atoms with E-state index in [4.69, 9.17) is 0 Å². The average molecular weight is 350 g/mol. The molecule has 1 aromatic carbocycles. The number of likely N-dealkylation sites (N-methyl/N-ethyl adjacent to an activating group) is 1. The Labute approximate surface area is 135 Å². The molecule has 1 atom stereocenters. The summed E-state index contributed by atoms with van der Waals surface area (Å²) >= 11 is 3.54. The van der Waals surface area contributed by atoms with Crippen LogP contribution in [0.3, 0.4) is 0 Å². The number of aromatic nitrogens is 2. The molecule has 1 heterocycles. The molecular formula is C17H24BrN3. The molecule has 0 aliphatic carbocycles. The Balaban J connectivity index is 1.99. The van der Waals surface area contributed by atoms with Crippen LogP contribution in [0.15, 0.2) is 28.7 Å². The van der Waals surface area contributed by atoms with Gasteiger partial charge in [-0.05, 0) is 63.4 Å². The number of hydrogen-bond donors (Lipinski definition) is 1. The van der Waals surface area contributed by atoms with Crippen molar-refractivity contribution in [1.82, 2.24) is 15.1 Å². The summed E-state index contributed by atoms with van der Waals surface area (Å²) in [6.07, 6.45) is 3.25. The fourth-order valence-corrected chi connectivity index (χ4v) is 3.24. The van der Waals surface area contributed by atoms with Gasteiger partial charge in [-0.15, -0.1) is 0 Å². The summed E-state index contributed by atoms with van der Waals surface area (Å²) in [5, 5.41) is 7.94. The van der Waals surface area contributed by atoms with E-state index in [9.17, 15) is 0 Å². The summed E-state index contributed by atoms with van der Waals surface area (Å²) in [5.41, 5.74) is 5.20. The Hall–Kier alpha value is -1.13. The van der Waals surface area contributed by atoms with E-state index in [-0.39, 0.29) is 0 Å². The van der Waals surface area contributed by atoms with Crippen LogP contribution in [0.4, 0.5) is 0 Å². The zero-order valence-corrected chi connectivity index (χ0v) is 14.9. The Morgan fingerprint density at radius 1 is 1.33 bits per heavy atom. The largest absolute Gasteiger partial charge is 0.317 e. The highest BCUT2D eigenvalue weighted by atomic mass is 79.9. The fraction of sp³-hybridized carbons (Fsp3) is 0.471. The van der Waals surface area contributed by atoms with Gasteiger partial charge in [0.05, 0.1) is 5.69 Å². The van der Waals surface area contributed by atoms with Gasteiger partial charge in [0.25, 0.3) is 0 Å². The molecular weight excluding hydrogens is 326 g/mol. The number of nitrogens with zero attached hydrogens (tertiary/aromatic N) is 2. The van der Waals surface area contributed by atoms with Crippen LogP contribution in [0.25, 0.3) is 0 Å². The molecule has 1 unspecified atom stereocenters. The van der Waals surface area contributed by atoms with Crippen molar-refractivity contribution < 1.29 is 0 Å². The quantitative estimate of drug-likeness (QED) is 0.863. The highest BCUT2D eigenvalue weighted by Gasteiger charge is 2.13. The van der Waals surface area contributed by atoms with Crippen LogP contribution in [0.5, 0.6) is 0 Å². The molecule has 0 aliphatic rings. The highest BCUT2D eigenvalue weighted by Crippen LogP contribution is 2.18. The molecule has 1 aromatic heterocycles. The van der Waals surface area contributed by atoms with E-state index in [1.54, 1.807) is 0 Å². The maximum atomic E-state index is 4.50. The lowest BCUT2D eigenvalue weighted by Crippen LogP contribution is -2.28. The molecule has 0 saturated carbocycles. The molecule has 4 heteroatoms. The molecule has 0 fully saturated rings. The number of hydrogen-bond acceptors (Lipinski definition) is 2. The van der Waals surface area contributed by atoms with Crippen LogP contribution in [0, 0.1) is 13.8 Å². The van der Waals surface area contributed by atoms with Gasteiger partial charge in [-0.2, -0.15) is 5.10 Å². The third-order valence-corrected chi connectivity index (χ3v) is 4.67. The van der Waals surface area contributed by atoms with Gasteiger partial charge >= 0.3 is 0 Å². The Kier molecular flexibility index (Phi) is 5.59. The van der Waals surface area contributed by atoms with Crippen molar-refractivity contribution in [3.8, 4) is 0 Å². The normalized spacial score (nSPS) is 12.6. The van der Waals surface area contributed by atoms with Crippen molar-refractivity contribution in [3.05, 3.63) is 51.3 Å². The first-order valence-corrected chi connectivity index (χ1v) is 8.21. The van der Waals surface area contributed by atoms with Crippen LogP contribution >= 0.6 is 15.9 Å². The topological polar surface area (TPSA) is 29.9 Å². The maximum Gasteiger partial charge on any atom is 0.0628 e. The fourth-order valence-electron chi connectivity index (χ4n) is 2.79. The predicted molar refractivity (Wildman–Crippen MR) is 91.7 cm³/mol. The van der Waals surface area contributed by atoms with Gasteiger partial charge in [-0.1, -0.05) is 28.1 Å². The molecule has 2 rings (SSSR count). The second kappa shape index (κ2) is 7.23. The monoisotopic (exact) mass is 349 g/mol. The molecule has 0 spiro atoms. The summed E-state index contributed by atoms with van der Waals surface area (Å²) in [4.78, 5) is 0. The third-order valence-electron chi connectivity index (χ3n) is 4.18. The molecule has 2 aromatic rings. The lowest BCUT2D eigenvalue weighted by molar-refractivity contribution is 0.519. The van der Waals surface area contributed by atoms with Crippen LogP contribution in [0.1, 0.15) is 28.9 Å². The van der Waals surface area contributed by atoms with Gasteiger partial charge in [-0.3, -0.25) is 4.68 Å². The Morgan fingerprint density at radius 3 is 2.67 bits per heavy atom. The van der Waals surface area contributed by atoms with Gasteiger partial charge < -0.3 is 5.32 Å². The van der Waals surface area contributed by atoms with Crippen molar-refractivity contribution in [2.75, 3.05) is 7.05 Å². The van der Waals surface area contributed by atoms with Gasteiger partial charge in [0, 0.05) is 23.3 Å². The lowest BCUT2D eigenvalue weighted by Gasteiger charge is -2.16. The third kappa shape index (κ3) is 4.17. The molecule has 0 radical (unpaired) electrons. The van der Waals surface area contributed by atoms with E-state index in [0.717, 1.165) is 29.4 Å². The van der Waals surface area contributed by atoms with E-state index in [0.29, 0.717) is 6.04 Å². The number of halogens is 1. The summed E-state index contributed by atoms with van der Waals surface area (Å²) in [6, 6.07) is 9.04. The van der Waals surface area contributed by atoms with E-state index in [2.05, 4.69) is 64.5 Å². The minimum absolute atomic E-state index is 0.485. The minimum atomic E-state index is 0.485. The zero-order valence-electron chi connectivity index (χ0n) is 13.3. The summed E-state index contributed by atoms with van der Waals surface area (Å²) in [6.45, 7) is 4.25. The molecule has 0 bridgehead atoms. The Morgan fingerprint density at radius 2 is 2.10 bits per heavy atom. The van der Waals surface area contributed by atoms with Crippen molar-refractivity contribution in [3.63, 3.8) is 0 Å². The van der Waals surface area contributed by atoms with Crippen LogP contribution < -0.4 is 5.32 Å². The zero-order chi connectivity index (χ0) is 15.4. The first-order valence-electron chi connectivity index (χ1n) is 7.42. The van der Waals surface area contributed by atoms with E-state index in [1.807, 2.05) is 18.8 Å². The van der Waals surface area contributed by atoms with Gasteiger partial charge in [-0.25, -0.2) is 0 Å². The first kappa shape index (κ1) is 16.2. The number of benzene rings is 1. The Bertz CT molecular complexity index is 604. The molecule has 0 aliphatic heterocycles. The number of aryl methyl sites for hydroxylation is 2. The van der Waals surface area contributed by atoms with Gasteiger partial charge in [0.2, 0.25) is 0 Å². The summed E-state index contributed by atoms with van der Waals surface area (Å²) in [7, 11) is 4.06. The maximum absolute atomic E-state index is 4.50. The molecule has 114 valence electrons. The van der Waals surface area contributed by atoms with Crippen LogP contribution in [0.2, 0.25) is 0 Å². The lowest BCUT2D eigenvalue weighted by atomic mass is 9.98. The standard InChI is InChI=1S/C17H24BrN3/c1-12-17(13(2)21(4)20-12)9-8-16(19-3)11-14-6-5-7-15(18)10-14/h5-7,10,16,19H,8-9,11H2,1-4H3. The molecule has 1 N–H and O–H groups in total. The van der Waals surface area contributed by atoms with Crippen LogP contribution in [-0.2, 0) is 19.9 Å². The predicted octanol–water partition coefficient (Wildman–Crippen LogP) is 3.56. The highest BCUT2D eigenvalue weighted by molar-refractivity contribution is 9.10. The molecule has 0 amide bonds. The van der Waals surface area contributed by atoms with E-state index >= 15 is 0 Å². The summed E-state index contributed by atoms with van der Waals surface area (Å²) < 4.78 is 3.13. The van der Waals surface area contributed by atoms with Crippen molar-refractivity contribution in [2.24, 2.45) is 7.05 Å². The second-order valence-electron chi connectivity index (χ2n) is 5.63. The SMILES string of the molecule is CNC(CCc1c(C)nn(C)c1C)Cc1cccc(Br)c1. The first-order chi connectivity index (χ1) is 10.0. The number of nitrogens with one attached hydrogen (secondary N) is 1. The smallest absolute Gasteiger partial charge is 0.0628 e. The van der Waals surface area contributed by atoms with Gasteiger partial charge in [0.1, 0.15) is 0 Å². The average Bonchev–Trinajstić information content (AvgIpc) is 2.69.